The lowest BCUT2D eigenvalue weighted by atomic mass is 10.1. The molecule has 0 aromatic carbocycles. The molecule has 1 unspecified atom stereocenters. The topological polar surface area (TPSA) is 38.0 Å². The Labute approximate surface area is 83.1 Å². The molecule has 80 valence electrons. The van der Waals surface area contributed by atoms with Crippen LogP contribution in [0.25, 0.3) is 0 Å². The number of aromatic nitrogens is 2. The molecule has 0 aliphatic rings. The van der Waals surface area contributed by atoms with Gasteiger partial charge in [-0.1, -0.05) is 0 Å². The van der Waals surface area contributed by atoms with Crippen molar-refractivity contribution in [3.05, 3.63) is 17.5 Å². The highest BCUT2D eigenvalue weighted by Gasteiger charge is 2.38. The Hall–Kier alpha value is -0.750. The summed E-state index contributed by atoms with van der Waals surface area (Å²) in [5.41, 5.74) is -1.39. The Morgan fingerprint density at radius 2 is 2.21 bits per heavy atom. The number of aliphatic hydroxyl groups is 1. The van der Waals surface area contributed by atoms with E-state index in [4.69, 9.17) is 11.6 Å². The van der Waals surface area contributed by atoms with E-state index >= 15 is 0 Å². The Balaban J connectivity index is 3.16. The largest absolute Gasteiger partial charge is 0.435 e. The van der Waals surface area contributed by atoms with Gasteiger partial charge in [-0.2, -0.15) is 18.3 Å². The average molecular weight is 229 g/mol. The molecular formula is C7H8ClF3N2O. The van der Waals surface area contributed by atoms with Crippen LogP contribution >= 0.6 is 11.6 Å². The number of aliphatic hydroxyl groups excluding tert-OH is 1. The van der Waals surface area contributed by atoms with Crippen LogP contribution in [0.3, 0.4) is 0 Å². The number of aryl methyl sites for hydroxylation is 1. The summed E-state index contributed by atoms with van der Waals surface area (Å²) in [5, 5.41) is 12.4. The monoisotopic (exact) mass is 228 g/mol. The first-order chi connectivity index (χ1) is 6.36. The van der Waals surface area contributed by atoms with Crippen LogP contribution in [-0.4, -0.2) is 20.8 Å². The third-order valence-corrected chi connectivity index (χ3v) is 1.92. The first kappa shape index (κ1) is 11.3. The third kappa shape index (κ3) is 2.19. The lowest BCUT2D eigenvalue weighted by Gasteiger charge is -2.08. The fourth-order valence-electron chi connectivity index (χ4n) is 1.05. The van der Waals surface area contributed by atoms with Gasteiger partial charge in [-0.15, -0.1) is 11.6 Å². The molecule has 1 rings (SSSR count). The highest BCUT2D eigenvalue weighted by molar-refractivity contribution is 6.18. The second-order valence-electron chi connectivity index (χ2n) is 2.77. The molecule has 7 heteroatoms. The molecule has 1 aromatic rings. The smallest absolute Gasteiger partial charge is 0.387 e. The zero-order chi connectivity index (χ0) is 10.9. The van der Waals surface area contributed by atoms with Crippen LogP contribution in [-0.2, 0) is 13.2 Å². The second kappa shape index (κ2) is 3.78. The van der Waals surface area contributed by atoms with E-state index < -0.39 is 18.0 Å². The summed E-state index contributed by atoms with van der Waals surface area (Å²) >= 11 is 5.26. The summed E-state index contributed by atoms with van der Waals surface area (Å²) in [5.74, 6) is -0.297. The molecule has 3 nitrogen and oxygen atoms in total. The average Bonchev–Trinajstić information content (AvgIpc) is 2.45. The predicted octanol–water partition coefficient (Wildman–Crippen LogP) is 1.71. The number of halogens is 4. The minimum absolute atomic E-state index is 0.296. The van der Waals surface area contributed by atoms with E-state index in [2.05, 4.69) is 5.10 Å². The van der Waals surface area contributed by atoms with Gasteiger partial charge >= 0.3 is 6.18 Å². The van der Waals surface area contributed by atoms with Gasteiger partial charge in [0, 0.05) is 18.8 Å². The third-order valence-electron chi connectivity index (χ3n) is 1.63. The van der Waals surface area contributed by atoms with E-state index in [1.807, 2.05) is 0 Å². The van der Waals surface area contributed by atoms with Gasteiger partial charge in [0.05, 0.1) is 12.0 Å². The van der Waals surface area contributed by atoms with E-state index in [0.29, 0.717) is 0 Å². The van der Waals surface area contributed by atoms with Gasteiger partial charge in [-0.25, -0.2) is 0 Å². The quantitative estimate of drug-likeness (QED) is 0.783. The number of nitrogens with zero attached hydrogens (tertiary/aromatic N) is 2. The number of alkyl halides is 4. The minimum atomic E-state index is -4.57. The summed E-state index contributed by atoms with van der Waals surface area (Å²) in [7, 11) is 1.35. The highest BCUT2D eigenvalue weighted by atomic mass is 35.5. The molecule has 1 aromatic heterocycles. The lowest BCUT2D eigenvalue weighted by Crippen LogP contribution is -2.12. The maximum absolute atomic E-state index is 12.3. The van der Waals surface area contributed by atoms with E-state index in [9.17, 15) is 18.3 Å². The van der Waals surface area contributed by atoms with Gasteiger partial charge in [0.1, 0.15) is 0 Å². The zero-order valence-electron chi connectivity index (χ0n) is 7.22. The zero-order valence-corrected chi connectivity index (χ0v) is 7.97. The molecule has 1 N–H and O–H groups in total. The molecule has 0 aliphatic carbocycles. The summed E-state index contributed by atoms with van der Waals surface area (Å²) in [6.07, 6.45) is -4.80. The fraction of sp³-hybridized carbons (Fsp3) is 0.571. The first-order valence-electron chi connectivity index (χ1n) is 3.71. The van der Waals surface area contributed by atoms with Crippen LogP contribution in [0, 0.1) is 0 Å². The molecule has 0 bridgehead atoms. The Morgan fingerprint density at radius 1 is 1.64 bits per heavy atom. The molecule has 0 fully saturated rings. The minimum Gasteiger partial charge on any atom is -0.387 e. The van der Waals surface area contributed by atoms with Crippen molar-refractivity contribution < 1.29 is 18.3 Å². The van der Waals surface area contributed by atoms with Crippen LogP contribution in [0.1, 0.15) is 17.4 Å². The van der Waals surface area contributed by atoms with Crippen molar-refractivity contribution in [3.8, 4) is 0 Å². The molecule has 0 amide bonds. The van der Waals surface area contributed by atoms with Gasteiger partial charge < -0.3 is 5.11 Å². The predicted molar refractivity (Wildman–Crippen MR) is 43.9 cm³/mol. The number of hydrogen-bond donors (Lipinski definition) is 1. The Bertz CT molecular complexity index is 323. The molecule has 1 heterocycles. The van der Waals surface area contributed by atoms with E-state index in [0.717, 1.165) is 10.9 Å². The van der Waals surface area contributed by atoms with E-state index in [1.165, 1.54) is 7.05 Å². The molecule has 1 atom stereocenters. The van der Waals surface area contributed by atoms with E-state index in [1.54, 1.807) is 0 Å². The molecule has 0 radical (unpaired) electrons. The van der Waals surface area contributed by atoms with E-state index in [-0.39, 0.29) is 11.4 Å². The number of rotatable bonds is 2. The summed E-state index contributed by atoms with van der Waals surface area (Å²) in [6, 6.07) is 0. The maximum Gasteiger partial charge on any atom is 0.435 e. The van der Waals surface area contributed by atoms with Crippen LogP contribution in [0.5, 0.6) is 0 Å². The second-order valence-corrected chi connectivity index (χ2v) is 3.08. The van der Waals surface area contributed by atoms with Crippen molar-refractivity contribution in [1.29, 1.82) is 0 Å². The molecule has 0 spiro atoms. The van der Waals surface area contributed by atoms with Gasteiger partial charge in [0.25, 0.3) is 0 Å². The first-order valence-corrected chi connectivity index (χ1v) is 4.24. The number of hydrogen-bond acceptors (Lipinski definition) is 2. The van der Waals surface area contributed by atoms with Crippen molar-refractivity contribution in [3.63, 3.8) is 0 Å². The highest BCUT2D eigenvalue weighted by Crippen LogP contribution is 2.33. The van der Waals surface area contributed by atoms with Gasteiger partial charge in [0.15, 0.2) is 5.69 Å². The van der Waals surface area contributed by atoms with Gasteiger partial charge in [-0.3, -0.25) is 4.68 Å². The summed E-state index contributed by atoms with van der Waals surface area (Å²) in [6.45, 7) is 0. The van der Waals surface area contributed by atoms with Gasteiger partial charge in [-0.05, 0) is 0 Å². The van der Waals surface area contributed by atoms with Gasteiger partial charge in [0.2, 0.25) is 0 Å². The lowest BCUT2D eigenvalue weighted by molar-refractivity contribution is -0.142. The van der Waals surface area contributed by atoms with Crippen molar-refractivity contribution in [1.82, 2.24) is 9.78 Å². The van der Waals surface area contributed by atoms with Crippen molar-refractivity contribution in [2.24, 2.45) is 7.05 Å². The normalized spacial score (nSPS) is 14.4. The maximum atomic E-state index is 12.3. The van der Waals surface area contributed by atoms with Crippen molar-refractivity contribution >= 4 is 11.6 Å². The van der Waals surface area contributed by atoms with Crippen LogP contribution in [0.2, 0.25) is 0 Å². The molecule has 0 saturated carbocycles. The Morgan fingerprint density at radius 3 is 2.64 bits per heavy atom. The SMILES string of the molecule is Cn1cc(C(O)CCl)c(C(F)(F)F)n1. The molecule has 0 saturated heterocycles. The Kier molecular flexibility index (Phi) is 3.06. The molecular weight excluding hydrogens is 221 g/mol. The van der Waals surface area contributed by atoms with Crippen LogP contribution in [0.4, 0.5) is 13.2 Å². The van der Waals surface area contributed by atoms with Crippen LogP contribution in [0.15, 0.2) is 6.20 Å². The summed E-state index contributed by atoms with van der Waals surface area (Å²) in [4.78, 5) is 0. The van der Waals surface area contributed by atoms with Crippen LogP contribution < -0.4 is 0 Å². The van der Waals surface area contributed by atoms with Crippen molar-refractivity contribution in [2.75, 3.05) is 5.88 Å². The summed E-state index contributed by atoms with van der Waals surface area (Å²) < 4.78 is 38.0. The fourth-order valence-corrected chi connectivity index (χ4v) is 1.22. The molecule has 14 heavy (non-hydrogen) atoms. The standard InChI is InChI=1S/C7H8ClF3N2O/c1-13-3-4(5(14)2-8)6(12-13)7(9,10)11/h3,5,14H,2H2,1H3. The molecule has 0 aliphatic heterocycles. The van der Waals surface area contributed by atoms with Crippen molar-refractivity contribution in [2.45, 2.75) is 12.3 Å².